The third-order valence-corrected chi connectivity index (χ3v) is 3.52. The highest BCUT2D eigenvalue weighted by molar-refractivity contribution is 9.10. The average molecular weight is 313 g/mol. The van der Waals surface area contributed by atoms with Crippen LogP contribution in [-0.2, 0) is 4.79 Å². The summed E-state index contributed by atoms with van der Waals surface area (Å²) >= 11 is 3.36. The molecule has 0 aliphatic heterocycles. The summed E-state index contributed by atoms with van der Waals surface area (Å²) in [4.78, 5) is 11.7. The molecular formula is C14H21BrN2O. The molecule has 0 saturated heterocycles. The number of anilines is 1. The molecule has 1 amide bonds. The van der Waals surface area contributed by atoms with Crippen molar-refractivity contribution in [2.24, 2.45) is 5.41 Å². The molecule has 0 aliphatic carbocycles. The van der Waals surface area contributed by atoms with Crippen molar-refractivity contribution in [3.63, 3.8) is 0 Å². The van der Waals surface area contributed by atoms with Crippen molar-refractivity contribution in [2.45, 2.75) is 33.7 Å². The molecule has 100 valence electrons. The van der Waals surface area contributed by atoms with Gasteiger partial charge in [-0.1, -0.05) is 36.7 Å². The van der Waals surface area contributed by atoms with Crippen LogP contribution in [0.15, 0.2) is 28.7 Å². The van der Waals surface area contributed by atoms with E-state index in [0.29, 0.717) is 6.54 Å². The van der Waals surface area contributed by atoms with Gasteiger partial charge in [0.1, 0.15) is 0 Å². The minimum absolute atomic E-state index is 0.0200. The van der Waals surface area contributed by atoms with E-state index in [1.807, 2.05) is 24.3 Å². The maximum absolute atomic E-state index is 11.7. The first-order valence-electron chi connectivity index (χ1n) is 6.08. The summed E-state index contributed by atoms with van der Waals surface area (Å²) in [5, 5.41) is 6.09. The Bertz CT molecular complexity index is 395. The van der Waals surface area contributed by atoms with Crippen LogP contribution in [0.3, 0.4) is 0 Å². The van der Waals surface area contributed by atoms with Gasteiger partial charge in [0, 0.05) is 16.2 Å². The van der Waals surface area contributed by atoms with Gasteiger partial charge < -0.3 is 10.6 Å². The fourth-order valence-electron chi connectivity index (χ4n) is 1.29. The van der Waals surface area contributed by atoms with E-state index < -0.39 is 0 Å². The quantitative estimate of drug-likeness (QED) is 0.894. The van der Waals surface area contributed by atoms with Crippen LogP contribution in [0.1, 0.15) is 27.7 Å². The maximum Gasteiger partial charge on any atom is 0.238 e. The molecule has 1 atom stereocenters. The van der Waals surface area contributed by atoms with Gasteiger partial charge in [-0.15, -0.1) is 0 Å². The van der Waals surface area contributed by atoms with Gasteiger partial charge >= 0.3 is 0 Å². The Morgan fingerprint density at radius 3 is 2.33 bits per heavy atom. The smallest absolute Gasteiger partial charge is 0.238 e. The summed E-state index contributed by atoms with van der Waals surface area (Å²) in [5.41, 5.74) is 0.964. The molecule has 18 heavy (non-hydrogen) atoms. The number of benzene rings is 1. The Morgan fingerprint density at radius 1 is 1.28 bits per heavy atom. The number of hydrogen-bond acceptors (Lipinski definition) is 2. The predicted molar refractivity (Wildman–Crippen MR) is 79.7 cm³/mol. The van der Waals surface area contributed by atoms with Gasteiger partial charge in [0.05, 0.1) is 6.54 Å². The van der Waals surface area contributed by atoms with Crippen LogP contribution in [0.5, 0.6) is 0 Å². The fraction of sp³-hybridized carbons (Fsp3) is 0.500. The number of carbonyl (C=O) groups excluding carboxylic acids is 1. The second-order valence-corrected chi connectivity index (χ2v) is 6.44. The largest absolute Gasteiger partial charge is 0.325 e. The predicted octanol–water partition coefficient (Wildman–Crippen LogP) is 3.41. The van der Waals surface area contributed by atoms with Gasteiger partial charge in [-0.2, -0.15) is 0 Å². The van der Waals surface area contributed by atoms with Crippen molar-refractivity contribution in [2.75, 3.05) is 11.9 Å². The van der Waals surface area contributed by atoms with Crippen molar-refractivity contribution >= 4 is 27.5 Å². The monoisotopic (exact) mass is 312 g/mol. The molecule has 3 nitrogen and oxygen atoms in total. The van der Waals surface area contributed by atoms with Gasteiger partial charge in [0.25, 0.3) is 0 Å². The number of halogens is 1. The lowest BCUT2D eigenvalue weighted by Gasteiger charge is -2.27. The summed E-state index contributed by atoms with van der Waals surface area (Å²) in [6.07, 6.45) is 0. The van der Waals surface area contributed by atoms with E-state index in [1.54, 1.807) is 0 Å². The van der Waals surface area contributed by atoms with Crippen molar-refractivity contribution in [3.05, 3.63) is 28.7 Å². The first-order valence-corrected chi connectivity index (χ1v) is 6.87. The number of rotatable bonds is 4. The van der Waals surface area contributed by atoms with Crippen LogP contribution in [0.4, 0.5) is 5.69 Å². The van der Waals surface area contributed by atoms with E-state index in [9.17, 15) is 4.79 Å². The lowest BCUT2D eigenvalue weighted by molar-refractivity contribution is -0.115. The second-order valence-electron chi connectivity index (χ2n) is 5.52. The first kappa shape index (κ1) is 15.2. The summed E-state index contributed by atoms with van der Waals surface area (Å²) in [6, 6.07) is 7.83. The molecule has 0 aromatic heterocycles. The topological polar surface area (TPSA) is 41.1 Å². The summed E-state index contributed by atoms with van der Waals surface area (Å²) in [5.74, 6) is -0.0200. The standard InChI is InChI=1S/C14H21BrN2O/c1-10(14(2,3)4)16-9-13(18)17-12-7-5-11(15)6-8-12/h5-8,10,16H,9H2,1-4H3,(H,17,18). The zero-order valence-corrected chi connectivity index (χ0v) is 13.0. The average Bonchev–Trinajstić information content (AvgIpc) is 2.28. The first-order chi connectivity index (χ1) is 8.29. The van der Waals surface area contributed by atoms with Gasteiger partial charge in [0.15, 0.2) is 0 Å². The lowest BCUT2D eigenvalue weighted by atomic mass is 9.88. The third kappa shape index (κ3) is 5.19. The molecule has 0 heterocycles. The maximum atomic E-state index is 11.7. The van der Waals surface area contributed by atoms with Crippen molar-refractivity contribution in [1.29, 1.82) is 0 Å². The summed E-state index contributed by atoms with van der Waals surface area (Å²) in [6.45, 7) is 8.87. The molecule has 0 fully saturated rings. The number of hydrogen-bond donors (Lipinski definition) is 2. The van der Waals surface area contributed by atoms with Crippen LogP contribution < -0.4 is 10.6 Å². The van der Waals surface area contributed by atoms with Gasteiger partial charge in [0.2, 0.25) is 5.91 Å². The molecule has 1 aromatic carbocycles. The van der Waals surface area contributed by atoms with E-state index >= 15 is 0 Å². The zero-order chi connectivity index (χ0) is 13.8. The molecule has 1 rings (SSSR count). The molecule has 0 radical (unpaired) electrons. The van der Waals surface area contributed by atoms with E-state index in [4.69, 9.17) is 0 Å². The van der Waals surface area contributed by atoms with E-state index in [2.05, 4.69) is 54.3 Å². The van der Waals surface area contributed by atoms with Crippen LogP contribution in [-0.4, -0.2) is 18.5 Å². The third-order valence-electron chi connectivity index (χ3n) is 3.00. The van der Waals surface area contributed by atoms with Gasteiger partial charge in [-0.05, 0) is 36.6 Å². The molecule has 4 heteroatoms. The molecular weight excluding hydrogens is 292 g/mol. The molecule has 2 N–H and O–H groups in total. The fourth-order valence-corrected chi connectivity index (χ4v) is 1.55. The Balaban J connectivity index is 2.41. The second kappa shape index (κ2) is 6.34. The van der Waals surface area contributed by atoms with Gasteiger partial charge in [-0.25, -0.2) is 0 Å². The summed E-state index contributed by atoms with van der Waals surface area (Å²) < 4.78 is 1.000. The molecule has 0 bridgehead atoms. The number of amides is 1. The highest BCUT2D eigenvalue weighted by atomic mass is 79.9. The molecule has 0 saturated carbocycles. The summed E-state index contributed by atoms with van der Waals surface area (Å²) in [7, 11) is 0. The van der Waals surface area contributed by atoms with Crippen LogP contribution in [0.25, 0.3) is 0 Å². The normalized spacial score (nSPS) is 13.2. The van der Waals surface area contributed by atoms with E-state index in [0.717, 1.165) is 10.2 Å². The van der Waals surface area contributed by atoms with Gasteiger partial charge in [-0.3, -0.25) is 4.79 Å². The van der Waals surface area contributed by atoms with Crippen LogP contribution in [0, 0.1) is 5.41 Å². The highest BCUT2D eigenvalue weighted by Gasteiger charge is 2.19. The number of carbonyl (C=O) groups is 1. The highest BCUT2D eigenvalue weighted by Crippen LogP contribution is 2.18. The lowest BCUT2D eigenvalue weighted by Crippen LogP contribution is -2.41. The van der Waals surface area contributed by atoms with Crippen LogP contribution in [0.2, 0.25) is 0 Å². The molecule has 0 aliphatic rings. The van der Waals surface area contributed by atoms with E-state index in [1.165, 1.54) is 0 Å². The minimum Gasteiger partial charge on any atom is -0.325 e. The Kier molecular flexibility index (Phi) is 5.35. The Hall–Kier alpha value is -0.870. The molecule has 1 unspecified atom stereocenters. The Morgan fingerprint density at radius 2 is 1.83 bits per heavy atom. The SMILES string of the molecule is CC(NCC(=O)Nc1ccc(Br)cc1)C(C)(C)C. The molecule has 1 aromatic rings. The zero-order valence-electron chi connectivity index (χ0n) is 11.4. The van der Waals surface area contributed by atoms with E-state index in [-0.39, 0.29) is 17.4 Å². The minimum atomic E-state index is -0.0200. The van der Waals surface area contributed by atoms with Crippen molar-refractivity contribution in [3.8, 4) is 0 Å². The molecule has 0 spiro atoms. The number of nitrogens with one attached hydrogen (secondary N) is 2. The Labute approximate surface area is 117 Å². The van der Waals surface area contributed by atoms with Crippen molar-refractivity contribution in [1.82, 2.24) is 5.32 Å². The van der Waals surface area contributed by atoms with Crippen molar-refractivity contribution < 1.29 is 4.79 Å². The van der Waals surface area contributed by atoms with Crippen LogP contribution >= 0.6 is 15.9 Å².